The Morgan fingerprint density at radius 2 is 2.06 bits per heavy atom. The zero-order valence-electron chi connectivity index (χ0n) is 10.5. The SMILES string of the molecule is CC(C)CC(N)C(=O)NCc1ccc(F)cc1F. The fraction of sp³-hybridized carbons (Fsp3) is 0.462. The molecule has 0 saturated heterocycles. The van der Waals surface area contributed by atoms with Gasteiger partial charge in [0.15, 0.2) is 0 Å². The molecule has 1 aromatic carbocycles. The van der Waals surface area contributed by atoms with Crippen LogP contribution in [-0.2, 0) is 11.3 Å². The van der Waals surface area contributed by atoms with Crippen molar-refractivity contribution in [3.63, 3.8) is 0 Å². The molecule has 5 heteroatoms. The lowest BCUT2D eigenvalue weighted by atomic mass is 10.0. The Labute approximate surface area is 105 Å². The van der Waals surface area contributed by atoms with Crippen molar-refractivity contribution in [2.45, 2.75) is 32.9 Å². The summed E-state index contributed by atoms with van der Waals surface area (Å²) in [6.45, 7) is 3.94. The van der Waals surface area contributed by atoms with Gasteiger partial charge < -0.3 is 11.1 Å². The van der Waals surface area contributed by atoms with Crippen molar-refractivity contribution >= 4 is 5.91 Å². The van der Waals surface area contributed by atoms with E-state index in [0.717, 1.165) is 12.1 Å². The molecule has 0 spiro atoms. The predicted octanol–water partition coefficient (Wildman–Crippen LogP) is 1.95. The van der Waals surface area contributed by atoms with Crippen molar-refractivity contribution in [3.05, 3.63) is 35.4 Å². The van der Waals surface area contributed by atoms with Crippen LogP contribution in [-0.4, -0.2) is 11.9 Å². The summed E-state index contributed by atoms with van der Waals surface area (Å²) < 4.78 is 26.0. The summed E-state index contributed by atoms with van der Waals surface area (Å²) in [6.07, 6.45) is 0.567. The molecule has 1 aromatic rings. The van der Waals surface area contributed by atoms with Gasteiger partial charge in [0.25, 0.3) is 0 Å². The van der Waals surface area contributed by atoms with E-state index in [-0.39, 0.29) is 18.0 Å². The molecule has 1 rings (SSSR count). The van der Waals surface area contributed by atoms with Crippen LogP contribution < -0.4 is 11.1 Å². The van der Waals surface area contributed by atoms with Gasteiger partial charge in [-0.15, -0.1) is 0 Å². The lowest BCUT2D eigenvalue weighted by Crippen LogP contribution is -2.41. The molecule has 1 amide bonds. The van der Waals surface area contributed by atoms with E-state index in [1.165, 1.54) is 6.07 Å². The van der Waals surface area contributed by atoms with Crippen LogP contribution in [0.5, 0.6) is 0 Å². The van der Waals surface area contributed by atoms with E-state index in [0.29, 0.717) is 12.3 Å². The Hall–Kier alpha value is -1.49. The topological polar surface area (TPSA) is 55.1 Å². The van der Waals surface area contributed by atoms with Crippen molar-refractivity contribution in [1.29, 1.82) is 0 Å². The zero-order chi connectivity index (χ0) is 13.7. The van der Waals surface area contributed by atoms with E-state index in [1.54, 1.807) is 0 Å². The third kappa shape index (κ3) is 4.41. The first kappa shape index (κ1) is 14.6. The molecule has 0 fully saturated rings. The van der Waals surface area contributed by atoms with Gasteiger partial charge in [0, 0.05) is 18.2 Å². The lowest BCUT2D eigenvalue weighted by Gasteiger charge is -2.14. The van der Waals surface area contributed by atoms with Gasteiger partial charge in [0.05, 0.1) is 6.04 Å². The summed E-state index contributed by atoms with van der Waals surface area (Å²) in [6, 6.07) is 2.64. The number of benzene rings is 1. The second-order valence-corrected chi connectivity index (χ2v) is 4.69. The van der Waals surface area contributed by atoms with Crippen LogP contribution in [0, 0.1) is 17.6 Å². The molecule has 0 radical (unpaired) electrons. The van der Waals surface area contributed by atoms with Crippen molar-refractivity contribution in [1.82, 2.24) is 5.32 Å². The summed E-state index contributed by atoms with van der Waals surface area (Å²) in [7, 11) is 0. The molecule has 1 atom stereocenters. The average molecular weight is 256 g/mol. The number of carbonyl (C=O) groups is 1. The van der Waals surface area contributed by atoms with Crippen LogP contribution in [0.3, 0.4) is 0 Å². The van der Waals surface area contributed by atoms with Crippen LogP contribution in [0.4, 0.5) is 8.78 Å². The van der Waals surface area contributed by atoms with Gasteiger partial charge in [0.2, 0.25) is 5.91 Å². The summed E-state index contributed by atoms with van der Waals surface area (Å²) in [4.78, 5) is 11.6. The molecule has 100 valence electrons. The number of nitrogens with two attached hydrogens (primary N) is 1. The maximum Gasteiger partial charge on any atom is 0.237 e. The van der Waals surface area contributed by atoms with E-state index in [1.807, 2.05) is 13.8 Å². The van der Waals surface area contributed by atoms with Crippen LogP contribution in [0.25, 0.3) is 0 Å². The molecule has 3 nitrogen and oxygen atoms in total. The minimum Gasteiger partial charge on any atom is -0.351 e. The maximum atomic E-state index is 13.3. The van der Waals surface area contributed by atoms with Gasteiger partial charge in [-0.25, -0.2) is 8.78 Å². The largest absolute Gasteiger partial charge is 0.351 e. The smallest absolute Gasteiger partial charge is 0.237 e. The maximum absolute atomic E-state index is 13.3. The molecular formula is C13H18F2N2O. The van der Waals surface area contributed by atoms with E-state index >= 15 is 0 Å². The summed E-state index contributed by atoms with van der Waals surface area (Å²) in [5.41, 5.74) is 5.92. The van der Waals surface area contributed by atoms with Gasteiger partial charge in [-0.2, -0.15) is 0 Å². The molecule has 3 N–H and O–H groups in total. The highest BCUT2D eigenvalue weighted by molar-refractivity contribution is 5.81. The highest BCUT2D eigenvalue weighted by atomic mass is 19.1. The second-order valence-electron chi connectivity index (χ2n) is 4.69. The quantitative estimate of drug-likeness (QED) is 0.846. The minimum atomic E-state index is -0.673. The van der Waals surface area contributed by atoms with Gasteiger partial charge >= 0.3 is 0 Å². The van der Waals surface area contributed by atoms with Gasteiger partial charge in [0.1, 0.15) is 11.6 Å². The number of halogens is 2. The first-order valence-electron chi connectivity index (χ1n) is 5.87. The number of rotatable bonds is 5. The van der Waals surface area contributed by atoms with E-state index in [9.17, 15) is 13.6 Å². The Bertz CT molecular complexity index is 421. The van der Waals surface area contributed by atoms with Gasteiger partial charge in [-0.3, -0.25) is 4.79 Å². The highest BCUT2D eigenvalue weighted by Crippen LogP contribution is 2.09. The first-order chi connectivity index (χ1) is 8.40. The van der Waals surface area contributed by atoms with Crippen molar-refractivity contribution in [2.24, 2.45) is 11.7 Å². The Morgan fingerprint density at radius 1 is 1.39 bits per heavy atom. The molecule has 0 aliphatic heterocycles. The fourth-order valence-corrected chi connectivity index (χ4v) is 1.59. The summed E-state index contributed by atoms with van der Waals surface area (Å²) >= 11 is 0. The molecule has 0 aliphatic carbocycles. The molecule has 0 aromatic heterocycles. The van der Waals surface area contributed by atoms with Crippen molar-refractivity contribution in [3.8, 4) is 0 Å². The van der Waals surface area contributed by atoms with E-state index in [4.69, 9.17) is 5.73 Å². The van der Waals surface area contributed by atoms with E-state index < -0.39 is 17.7 Å². The van der Waals surface area contributed by atoms with Crippen LogP contribution in [0.1, 0.15) is 25.8 Å². The average Bonchev–Trinajstić information content (AvgIpc) is 2.26. The highest BCUT2D eigenvalue weighted by Gasteiger charge is 2.15. The molecule has 18 heavy (non-hydrogen) atoms. The number of hydrogen-bond acceptors (Lipinski definition) is 2. The minimum absolute atomic E-state index is 0.0107. The number of nitrogens with one attached hydrogen (secondary N) is 1. The summed E-state index contributed by atoms with van der Waals surface area (Å²) in [5, 5.41) is 2.54. The van der Waals surface area contributed by atoms with Gasteiger partial charge in [-0.05, 0) is 18.4 Å². The Morgan fingerprint density at radius 3 is 2.61 bits per heavy atom. The normalized spacial score (nSPS) is 12.6. The number of carbonyl (C=O) groups excluding carboxylic acids is 1. The number of amides is 1. The molecule has 1 unspecified atom stereocenters. The first-order valence-corrected chi connectivity index (χ1v) is 5.87. The predicted molar refractivity (Wildman–Crippen MR) is 65.6 cm³/mol. The molecule has 0 saturated carbocycles. The Kier molecular flexibility index (Phi) is 5.22. The molecule has 0 bridgehead atoms. The van der Waals surface area contributed by atoms with Crippen LogP contribution in [0.2, 0.25) is 0 Å². The summed E-state index contributed by atoms with van der Waals surface area (Å²) in [5.74, 6) is -1.33. The lowest BCUT2D eigenvalue weighted by molar-refractivity contribution is -0.122. The molecular weight excluding hydrogens is 238 g/mol. The van der Waals surface area contributed by atoms with Crippen molar-refractivity contribution in [2.75, 3.05) is 0 Å². The van der Waals surface area contributed by atoms with Crippen LogP contribution >= 0.6 is 0 Å². The number of hydrogen-bond donors (Lipinski definition) is 2. The molecule has 0 heterocycles. The third-order valence-corrected chi connectivity index (χ3v) is 2.53. The van der Waals surface area contributed by atoms with Crippen molar-refractivity contribution < 1.29 is 13.6 Å². The standard InChI is InChI=1S/C13H18F2N2O/c1-8(2)5-12(16)13(18)17-7-9-3-4-10(14)6-11(9)15/h3-4,6,8,12H,5,7,16H2,1-2H3,(H,17,18). The van der Waals surface area contributed by atoms with E-state index in [2.05, 4.69) is 5.32 Å². The van der Waals surface area contributed by atoms with Gasteiger partial charge in [-0.1, -0.05) is 19.9 Å². The molecule has 0 aliphatic rings. The Balaban J connectivity index is 2.52. The second kappa shape index (κ2) is 6.44. The fourth-order valence-electron chi connectivity index (χ4n) is 1.59. The van der Waals surface area contributed by atoms with Crippen LogP contribution in [0.15, 0.2) is 18.2 Å². The third-order valence-electron chi connectivity index (χ3n) is 2.53. The zero-order valence-corrected chi connectivity index (χ0v) is 10.5. The monoisotopic (exact) mass is 256 g/mol.